The first-order valence-electron chi connectivity index (χ1n) is 11.2. The van der Waals surface area contributed by atoms with Crippen LogP contribution in [0.2, 0.25) is 0 Å². The highest BCUT2D eigenvalue weighted by Crippen LogP contribution is 2.34. The number of nitrogens with one attached hydrogen (secondary N) is 2. The molecule has 1 unspecified atom stereocenters. The second-order valence-corrected chi connectivity index (χ2v) is 8.87. The van der Waals surface area contributed by atoms with Crippen LogP contribution in [0.5, 0.6) is 0 Å². The minimum atomic E-state index is -0.962. The molecular weight excluding hydrogens is 424 g/mol. The summed E-state index contributed by atoms with van der Waals surface area (Å²) < 4.78 is 2.99. The van der Waals surface area contributed by atoms with Crippen LogP contribution in [0.25, 0.3) is 11.2 Å². The fraction of sp³-hybridized carbons (Fsp3) is 0.435. The molecule has 1 saturated heterocycles. The molecule has 10 heteroatoms. The summed E-state index contributed by atoms with van der Waals surface area (Å²) in [5, 5.41) is 2.92. The van der Waals surface area contributed by atoms with Gasteiger partial charge in [0.15, 0.2) is 11.2 Å². The van der Waals surface area contributed by atoms with Gasteiger partial charge >= 0.3 is 11.7 Å². The topological polar surface area (TPSA) is 122 Å². The molecule has 0 bridgehead atoms. The predicted octanol–water partition coefficient (Wildman–Crippen LogP) is 1.20. The summed E-state index contributed by atoms with van der Waals surface area (Å²) in [5.74, 6) is 0.0782. The SMILES string of the molecule is CCCCn1c(=O)[nH]c(=O)c2c1nc(CN1C(=O)NC3(CCc4ccccc4C3)C1=O)n2C. The number of rotatable bonds is 5. The molecule has 1 spiro atoms. The number of urea groups is 1. The lowest BCUT2D eigenvalue weighted by Gasteiger charge is -2.32. The Labute approximate surface area is 189 Å². The molecule has 3 amide bonds. The van der Waals surface area contributed by atoms with E-state index < -0.39 is 22.8 Å². The van der Waals surface area contributed by atoms with E-state index in [2.05, 4.69) is 21.4 Å². The molecule has 3 aromatic rings. The second-order valence-electron chi connectivity index (χ2n) is 8.87. The molecule has 1 fully saturated rings. The number of aromatic amines is 1. The number of unbranched alkanes of at least 4 members (excludes halogenated alkanes) is 1. The standard InChI is InChI=1S/C23H26N6O4/c1-3-4-11-28-18-17(19(30)25-21(28)32)27(2)16(24-18)13-29-20(31)23(26-22(29)33)10-9-14-7-5-6-8-15(14)12-23/h5-8H,3-4,9-13H2,1-2H3,(H,26,33)(H,25,30,32). The maximum Gasteiger partial charge on any atom is 0.330 e. The number of carbonyl (C=O) groups is 2. The van der Waals surface area contributed by atoms with Crippen LogP contribution < -0.4 is 16.6 Å². The molecule has 0 saturated carbocycles. The number of hydrogen-bond acceptors (Lipinski definition) is 5. The Morgan fingerprint density at radius 3 is 2.64 bits per heavy atom. The van der Waals surface area contributed by atoms with E-state index in [4.69, 9.17) is 0 Å². The molecule has 5 rings (SSSR count). The number of benzene rings is 1. The van der Waals surface area contributed by atoms with E-state index in [9.17, 15) is 19.2 Å². The summed E-state index contributed by atoms with van der Waals surface area (Å²) in [6.45, 7) is 2.35. The first-order valence-corrected chi connectivity index (χ1v) is 11.2. The molecule has 1 atom stereocenters. The number of nitrogens with zero attached hydrogens (tertiary/aromatic N) is 4. The average molecular weight is 450 g/mol. The van der Waals surface area contributed by atoms with Gasteiger partial charge < -0.3 is 9.88 Å². The first kappa shape index (κ1) is 21.2. The maximum absolute atomic E-state index is 13.4. The summed E-state index contributed by atoms with van der Waals surface area (Å²) in [4.78, 5) is 59.2. The monoisotopic (exact) mass is 450 g/mol. The summed E-state index contributed by atoms with van der Waals surface area (Å²) in [6.07, 6.45) is 3.32. The largest absolute Gasteiger partial charge is 0.330 e. The Bertz CT molecular complexity index is 1400. The molecule has 33 heavy (non-hydrogen) atoms. The summed E-state index contributed by atoms with van der Waals surface area (Å²) in [5.41, 5.74) is 0.757. The number of fused-ring (bicyclic) bond motifs is 2. The van der Waals surface area contributed by atoms with Crippen LogP contribution in [0.4, 0.5) is 4.79 Å². The molecule has 10 nitrogen and oxygen atoms in total. The van der Waals surface area contributed by atoms with Crippen LogP contribution in [0, 0.1) is 0 Å². The smallest absolute Gasteiger partial charge is 0.324 e. The Kier molecular flexibility index (Phi) is 4.95. The predicted molar refractivity (Wildman–Crippen MR) is 121 cm³/mol. The molecule has 2 aliphatic rings. The third kappa shape index (κ3) is 3.28. The molecule has 172 valence electrons. The van der Waals surface area contributed by atoms with Crippen LogP contribution in [0.3, 0.4) is 0 Å². The van der Waals surface area contributed by atoms with Gasteiger partial charge in [-0.1, -0.05) is 37.6 Å². The van der Waals surface area contributed by atoms with E-state index in [1.165, 1.54) is 10.1 Å². The Hall–Kier alpha value is -3.69. The van der Waals surface area contributed by atoms with Crippen LogP contribution in [0.1, 0.15) is 43.1 Å². The van der Waals surface area contributed by atoms with Gasteiger partial charge in [-0.05, 0) is 30.4 Å². The number of hydrogen-bond donors (Lipinski definition) is 2. The third-order valence-electron chi connectivity index (χ3n) is 6.82. The van der Waals surface area contributed by atoms with Gasteiger partial charge in [-0.3, -0.25) is 24.0 Å². The van der Waals surface area contributed by atoms with Crippen molar-refractivity contribution < 1.29 is 9.59 Å². The van der Waals surface area contributed by atoms with Crippen LogP contribution in [-0.2, 0) is 37.8 Å². The van der Waals surface area contributed by atoms with Crippen molar-refractivity contribution in [3.63, 3.8) is 0 Å². The normalized spacial score (nSPS) is 20.0. The highest BCUT2D eigenvalue weighted by Gasteiger charge is 2.52. The third-order valence-corrected chi connectivity index (χ3v) is 6.82. The molecule has 3 heterocycles. The lowest BCUT2D eigenvalue weighted by Crippen LogP contribution is -2.51. The van der Waals surface area contributed by atoms with E-state index in [1.54, 1.807) is 11.6 Å². The number of imide groups is 1. The van der Waals surface area contributed by atoms with Crippen molar-refractivity contribution in [1.29, 1.82) is 0 Å². The zero-order chi connectivity index (χ0) is 23.3. The van der Waals surface area contributed by atoms with E-state index in [0.29, 0.717) is 31.6 Å². The second kappa shape index (κ2) is 7.72. The van der Waals surface area contributed by atoms with Crippen LogP contribution in [-0.4, -0.2) is 41.5 Å². The highest BCUT2D eigenvalue weighted by atomic mass is 16.2. The average Bonchev–Trinajstić information content (AvgIpc) is 3.23. The lowest BCUT2D eigenvalue weighted by molar-refractivity contribution is -0.132. The Morgan fingerprint density at radius 2 is 1.88 bits per heavy atom. The number of amides is 3. The van der Waals surface area contributed by atoms with Crippen molar-refractivity contribution in [3.05, 3.63) is 62.1 Å². The zero-order valence-electron chi connectivity index (χ0n) is 18.7. The molecular formula is C23H26N6O4. The minimum absolute atomic E-state index is 0.0827. The fourth-order valence-corrected chi connectivity index (χ4v) is 4.94. The van der Waals surface area contributed by atoms with E-state index >= 15 is 0 Å². The Balaban J connectivity index is 1.49. The quantitative estimate of drug-likeness (QED) is 0.566. The molecule has 0 radical (unpaired) electrons. The molecule has 1 aliphatic carbocycles. The van der Waals surface area contributed by atoms with Gasteiger partial charge in [0.25, 0.3) is 11.5 Å². The van der Waals surface area contributed by atoms with Gasteiger partial charge in [0.2, 0.25) is 0 Å². The van der Waals surface area contributed by atoms with Crippen molar-refractivity contribution in [2.75, 3.05) is 0 Å². The van der Waals surface area contributed by atoms with E-state index in [1.807, 2.05) is 25.1 Å². The summed E-state index contributed by atoms with van der Waals surface area (Å²) in [7, 11) is 1.65. The van der Waals surface area contributed by atoms with Crippen molar-refractivity contribution in [2.45, 2.75) is 57.7 Å². The number of H-pyrrole nitrogens is 1. The number of imidazole rings is 1. The van der Waals surface area contributed by atoms with E-state index in [-0.39, 0.29) is 23.6 Å². The Morgan fingerprint density at radius 1 is 1.12 bits per heavy atom. The lowest BCUT2D eigenvalue weighted by atomic mass is 9.78. The van der Waals surface area contributed by atoms with E-state index in [0.717, 1.165) is 23.3 Å². The van der Waals surface area contributed by atoms with Crippen molar-refractivity contribution in [3.8, 4) is 0 Å². The maximum atomic E-state index is 13.4. The van der Waals surface area contributed by atoms with Crippen molar-refractivity contribution in [1.82, 2.24) is 29.3 Å². The summed E-state index contributed by atoms with van der Waals surface area (Å²) in [6, 6.07) is 7.49. The van der Waals surface area contributed by atoms with Crippen molar-refractivity contribution in [2.24, 2.45) is 7.05 Å². The van der Waals surface area contributed by atoms with Gasteiger partial charge in [0, 0.05) is 20.0 Å². The van der Waals surface area contributed by atoms with Gasteiger partial charge in [-0.25, -0.2) is 14.6 Å². The van der Waals surface area contributed by atoms with Gasteiger partial charge in [0.1, 0.15) is 11.4 Å². The van der Waals surface area contributed by atoms with Crippen molar-refractivity contribution >= 4 is 23.1 Å². The highest BCUT2D eigenvalue weighted by molar-refractivity contribution is 6.07. The van der Waals surface area contributed by atoms with Gasteiger partial charge in [-0.15, -0.1) is 0 Å². The van der Waals surface area contributed by atoms with Gasteiger partial charge in [0.05, 0.1) is 6.54 Å². The number of aryl methyl sites for hydroxylation is 3. The fourth-order valence-electron chi connectivity index (χ4n) is 4.94. The minimum Gasteiger partial charge on any atom is -0.324 e. The molecule has 2 aromatic heterocycles. The molecule has 1 aliphatic heterocycles. The van der Waals surface area contributed by atoms with Gasteiger partial charge in [-0.2, -0.15) is 0 Å². The first-order chi connectivity index (χ1) is 15.8. The number of carbonyl (C=O) groups excluding carboxylic acids is 2. The number of aromatic nitrogens is 4. The molecule has 2 N–H and O–H groups in total. The molecule has 1 aromatic carbocycles. The van der Waals surface area contributed by atoms with Crippen LogP contribution in [0.15, 0.2) is 33.9 Å². The zero-order valence-corrected chi connectivity index (χ0v) is 18.7. The van der Waals surface area contributed by atoms with Crippen LogP contribution >= 0.6 is 0 Å². The summed E-state index contributed by atoms with van der Waals surface area (Å²) >= 11 is 0.